The first kappa shape index (κ1) is 24.1. The van der Waals surface area contributed by atoms with E-state index in [1.807, 2.05) is 13.0 Å². The summed E-state index contributed by atoms with van der Waals surface area (Å²) in [6.07, 6.45) is 8.97. The van der Waals surface area contributed by atoms with Gasteiger partial charge in [0.2, 0.25) is 0 Å². The molecule has 0 amide bonds. The molecule has 2 aliphatic rings. The highest BCUT2D eigenvalue weighted by molar-refractivity contribution is 6.05. The number of aromatic nitrogens is 2. The van der Waals surface area contributed by atoms with Crippen molar-refractivity contribution in [2.24, 2.45) is 0 Å². The second-order valence-corrected chi connectivity index (χ2v) is 10.6. The van der Waals surface area contributed by atoms with Crippen LogP contribution in [-0.2, 0) is 11.8 Å². The van der Waals surface area contributed by atoms with Crippen LogP contribution in [0.25, 0.3) is 10.8 Å². The fraction of sp³-hybridized carbons (Fsp3) is 0.290. The fourth-order valence-corrected chi connectivity index (χ4v) is 5.68. The summed E-state index contributed by atoms with van der Waals surface area (Å²) in [4.78, 5) is 34.8. The van der Waals surface area contributed by atoms with Crippen molar-refractivity contribution in [2.75, 3.05) is 6.61 Å². The first-order valence-corrected chi connectivity index (χ1v) is 12.9. The van der Waals surface area contributed by atoms with E-state index in [0.29, 0.717) is 23.5 Å². The summed E-state index contributed by atoms with van der Waals surface area (Å²) in [5.41, 5.74) is 3.57. The van der Waals surface area contributed by atoms with E-state index < -0.39 is 11.9 Å². The van der Waals surface area contributed by atoms with Crippen molar-refractivity contribution in [3.05, 3.63) is 89.0 Å². The highest BCUT2D eigenvalue weighted by atomic mass is 16.6. The zero-order valence-electron chi connectivity index (χ0n) is 21.6. The molecule has 38 heavy (non-hydrogen) atoms. The van der Waals surface area contributed by atoms with E-state index >= 15 is 0 Å². The molecule has 1 aliphatic carbocycles. The van der Waals surface area contributed by atoms with Gasteiger partial charge in [-0.05, 0) is 60.1 Å². The molecule has 3 heterocycles. The first-order valence-electron chi connectivity index (χ1n) is 12.9. The van der Waals surface area contributed by atoms with Crippen LogP contribution in [0, 0.1) is 0 Å². The largest absolute Gasteiger partial charge is 0.492 e. The molecule has 1 atom stereocenters. The minimum absolute atomic E-state index is 0.0495. The van der Waals surface area contributed by atoms with Crippen LogP contribution in [0.2, 0.25) is 0 Å². The van der Waals surface area contributed by atoms with Crippen LogP contribution in [0.15, 0.2) is 61.2 Å². The molecular formula is C31H28N2O5. The topological polar surface area (TPSA) is 87.6 Å². The van der Waals surface area contributed by atoms with Gasteiger partial charge >= 0.3 is 11.9 Å². The van der Waals surface area contributed by atoms with Crippen LogP contribution >= 0.6 is 0 Å². The Balaban J connectivity index is 1.63. The number of ether oxygens (including phenoxy) is 3. The summed E-state index contributed by atoms with van der Waals surface area (Å²) in [5.74, 6) is -0.0831. The Morgan fingerprint density at radius 3 is 2.24 bits per heavy atom. The van der Waals surface area contributed by atoms with Gasteiger partial charge in [0.25, 0.3) is 0 Å². The number of rotatable bonds is 4. The molecular weight excluding hydrogens is 480 g/mol. The summed E-state index contributed by atoms with van der Waals surface area (Å²) in [5, 5.41) is 1.62. The fourth-order valence-electron chi connectivity index (χ4n) is 5.68. The summed E-state index contributed by atoms with van der Waals surface area (Å²) in [6.45, 7) is 6.90. The average molecular weight is 509 g/mol. The van der Waals surface area contributed by atoms with Crippen LogP contribution in [0.3, 0.4) is 0 Å². The maximum Gasteiger partial charge on any atom is 0.345 e. The van der Waals surface area contributed by atoms with Crippen molar-refractivity contribution in [1.29, 1.82) is 0 Å². The zero-order valence-corrected chi connectivity index (χ0v) is 21.6. The quantitative estimate of drug-likeness (QED) is 0.240. The number of hydrogen-bond donors (Lipinski definition) is 0. The molecule has 0 saturated heterocycles. The smallest absolute Gasteiger partial charge is 0.345 e. The number of esters is 2. The number of pyridine rings is 2. The molecule has 2 aromatic heterocycles. The van der Waals surface area contributed by atoms with Gasteiger partial charge in [-0.1, -0.05) is 32.9 Å². The lowest BCUT2D eigenvalue weighted by molar-refractivity contribution is 0.0682. The van der Waals surface area contributed by atoms with Gasteiger partial charge in [-0.3, -0.25) is 9.97 Å². The van der Waals surface area contributed by atoms with Crippen molar-refractivity contribution in [1.82, 2.24) is 9.97 Å². The molecule has 0 bridgehead atoms. The highest BCUT2D eigenvalue weighted by Crippen LogP contribution is 2.55. The maximum atomic E-state index is 13.4. The van der Waals surface area contributed by atoms with Gasteiger partial charge in [-0.25, -0.2) is 9.59 Å². The minimum atomic E-state index is -0.581. The lowest BCUT2D eigenvalue weighted by atomic mass is 9.71. The summed E-state index contributed by atoms with van der Waals surface area (Å²) in [6, 6.07) is 10.9. The molecule has 0 spiro atoms. The zero-order chi connectivity index (χ0) is 26.4. The summed E-state index contributed by atoms with van der Waals surface area (Å²) in [7, 11) is 0. The summed E-state index contributed by atoms with van der Waals surface area (Å²) >= 11 is 0. The Morgan fingerprint density at radius 2 is 1.61 bits per heavy atom. The van der Waals surface area contributed by atoms with E-state index in [1.165, 1.54) is 18.0 Å². The summed E-state index contributed by atoms with van der Waals surface area (Å²) < 4.78 is 18.4. The number of carbonyl (C=O) groups is 2. The molecule has 7 nitrogen and oxygen atoms in total. The molecule has 192 valence electrons. The van der Waals surface area contributed by atoms with E-state index in [4.69, 9.17) is 14.2 Å². The first-order chi connectivity index (χ1) is 18.3. The van der Waals surface area contributed by atoms with E-state index in [1.54, 1.807) is 36.7 Å². The van der Waals surface area contributed by atoms with Gasteiger partial charge in [0.15, 0.2) is 11.5 Å². The van der Waals surface area contributed by atoms with E-state index in [2.05, 4.69) is 29.9 Å². The number of carbonyl (C=O) groups excluding carboxylic acids is 2. The van der Waals surface area contributed by atoms with Gasteiger partial charge in [0.05, 0.1) is 17.7 Å². The molecule has 0 saturated carbocycles. The lowest BCUT2D eigenvalue weighted by Gasteiger charge is -2.34. The normalized spacial score (nSPS) is 17.3. The van der Waals surface area contributed by atoms with Crippen LogP contribution in [0.4, 0.5) is 0 Å². The Bertz CT molecular complexity index is 1560. The molecule has 1 unspecified atom stereocenters. The number of aryl methyl sites for hydroxylation is 1. The standard InChI is InChI=1S/C31H28N2O5/c1-18-17-36-26-22-10-11-23-21(9-4-12-31(23,2)3)25(22)28(38-30(35)20-8-6-14-33-16-20)27(24(18)26)37-29(34)19-7-5-13-32-15-19/h5-8,10-11,13-16,18H,4,9,12,17H2,1-3H3. The third-order valence-electron chi connectivity index (χ3n) is 7.59. The molecule has 6 rings (SSSR count). The van der Waals surface area contributed by atoms with Crippen LogP contribution < -0.4 is 14.2 Å². The highest BCUT2D eigenvalue weighted by Gasteiger charge is 2.37. The van der Waals surface area contributed by atoms with E-state index in [0.717, 1.165) is 41.2 Å². The molecule has 1 aliphatic heterocycles. The van der Waals surface area contributed by atoms with Crippen molar-refractivity contribution >= 4 is 22.7 Å². The second kappa shape index (κ2) is 9.24. The molecule has 2 aromatic carbocycles. The predicted molar refractivity (Wildman–Crippen MR) is 142 cm³/mol. The Kier molecular flexibility index (Phi) is 5.86. The minimum Gasteiger partial charge on any atom is -0.492 e. The second-order valence-electron chi connectivity index (χ2n) is 10.6. The van der Waals surface area contributed by atoms with Crippen LogP contribution in [-0.4, -0.2) is 28.5 Å². The van der Waals surface area contributed by atoms with Crippen LogP contribution in [0.1, 0.15) is 76.9 Å². The Hall–Kier alpha value is -4.26. The number of benzene rings is 2. The van der Waals surface area contributed by atoms with Gasteiger partial charge < -0.3 is 14.2 Å². The third-order valence-corrected chi connectivity index (χ3v) is 7.59. The molecule has 0 radical (unpaired) electrons. The Labute approximate surface area is 220 Å². The van der Waals surface area contributed by atoms with Crippen molar-refractivity contribution in [3.63, 3.8) is 0 Å². The average Bonchev–Trinajstić information content (AvgIpc) is 3.32. The van der Waals surface area contributed by atoms with Gasteiger partial charge in [0, 0.05) is 47.0 Å². The number of hydrogen-bond acceptors (Lipinski definition) is 7. The molecule has 7 heteroatoms. The lowest BCUT2D eigenvalue weighted by Crippen LogP contribution is -2.24. The van der Waals surface area contributed by atoms with Crippen molar-refractivity contribution in [2.45, 2.75) is 51.4 Å². The third kappa shape index (κ3) is 3.99. The van der Waals surface area contributed by atoms with Gasteiger partial charge in [0.1, 0.15) is 5.75 Å². The van der Waals surface area contributed by atoms with E-state index in [-0.39, 0.29) is 22.8 Å². The van der Waals surface area contributed by atoms with Gasteiger partial charge in [-0.15, -0.1) is 0 Å². The SMILES string of the molecule is CC1COc2c1c(OC(=O)c1cccnc1)c(OC(=O)c1cccnc1)c1c3c(ccc21)C(C)(C)CCC3. The predicted octanol–water partition coefficient (Wildman–Crippen LogP) is 6.18. The van der Waals surface area contributed by atoms with Gasteiger partial charge in [-0.2, -0.15) is 0 Å². The monoisotopic (exact) mass is 508 g/mol. The molecule has 0 fully saturated rings. The maximum absolute atomic E-state index is 13.4. The molecule has 0 N–H and O–H groups in total. The molecule has 4 aromatic rings. The van der Waals surface area contributed by atoms with Crippen LogP contribution in [0.5, 0.6) is 17.2 Å². The number of nitrogens with zero attached hydrogens (tertiary/aromatic N) is 2. The number of fused-ring (bicyclic) bond motifs is 5. The van der Waals surface area contributed by atoms with Crippen molar-refractivity contribution in [3.8, 4) is 17.2 Å². The Morgan fingerprint density at radius 1 is 0.947 bits per heavy atom. The van der Waals surface area contributed by atoms with Crippen molar-refractivity contribution < 1.29 is 23.8 Å². The van der Waals surface area contributed by atoms with E-state index in [9.17, 15) is 9.59 Å².